The van der Waals surface area contributed by atoms with Gasteiger partial charge in [-0.1, -0.05) is 13.8 Å². The van der Waals surface area contributed by atoms with Crippen LogP contribution in [0.15, 0.2) is 36.4 Å². The Bertz CT molecular complexity index is 2300. The first-order valence-electron chi connectivity index (χ1n) is 21.6. The smallest absolute Gasteiger partial charge is 0.324 e. The minimum Gasteiger partial charge on any atom is -0.443 e. The van der Waals surface area contributed by atoms with E-state index in [1.165, 1.54) is 6.07 Å². The number of primary amides is 1. The maximum absolute atomic E-state index is 15.6. The number of rotatable bonds is 13. The van der Waals surface area contributed by atoms with Crippen LogP contribution in [0.4, 0.5) is 33.2 Å². The van der Waals surface area contributed by atoms with Crippen LogP contribution >= 0.6 is 0 Å². The summed E-state index contributed by atoms with van der Waals surface area (Å²) in [5.41, 5.74) is 13.3. The van der Waals surface area contributed by atoms with E-state index in [-0.39, 0.29) is 41.4 Å². The number of hydrogen-bond donors (Lipinski definition) is 3. The summed E-state index contributed by atoms with van der Waals surface area (Å²) in [5.74, 6) is -3.90. The molecular formula is C43H53FN12O7. The van der Waals surface area contributed by atoms with Crippen LogP contribution in [0, 0.1) is 17.7 Å². The number of benzene rings is 2. The van der Waals surface area contributed by atoms with E-state index in [0.29, 0.717) is 36.3 Å². The standard InChI is InChI=1S/C43H53FN12O7/c1-25(2)35(45)42(62)63-24-55-34(57)11-10-33(41(55)61)56-39(59)29-8-7-28(21-30(29)40(56)60)54-15-12-26(23-54)22-51-16-18-52(19-17-51)32-9-6-27(20-31(32)44)47-38-36(37(46)58)49-50-43(48-38)53-13-4-3-5-14-53/h6-9,20-21,25-26,33,35H,3-5,10-19,22-24,45H2,1-2H3,(H2,46,58)(H,47,48,50)/t26?,33?,35-/m0/s1. The van der Waals surface area contributed by atoms with Gasteiger partial charge in [0, 0.05) is 76.7 Å². The summed E-state index contributed by atoms with van der Waals surface area (Å²) >= 11 is 0. The van der Waals surface area contributed by atoms with E-state index in [1.807, 2.05) is 15.9 Å². The summed E-state index contributed by atoms with van der Waals surface area (Å²) in [5, 5.41) is 11.2. The average molecular weight is 869 g/mol. The van der Waals surface area contributed by atoms with Gasteiger partial charge in [-0.25, -0.2) is 9.29 Å². The van der Waals surface area contributed by atoms with Crippen LogP contribution in [0.25, 0.3) is 0 Å². The van der Waals surface area contributed by atoms with Crippen molar-refractivity contribution in [2.45, 2.75) is 64.5 Å². The average Bonchev–Trinajstić information content (AvgIpc) is 3.84. The lowest BCUT2D eigenvalue weighted by molar-refractivity contribution is -0.164. The normalized spacial score (nSPS) is 21.4. The van der Waals surface area contributed by atoms with Crippen molar-refractivity contribution in [3.8, 4) is 0 Å². The number of piperazine rings is 1. The third-order valence-electron chi connectivity index (χ3n) is 12.7. The number of carbonyl (C=O) groups is 6. The molecule has 3 atom stereocenters. The topological polar surface area (TPSA) is 234 Å². The van der Waals surface area contributed by atoms with Crippen molar-refractivity contribution in [3.05, 3.63) is 59.0 Å². The highest BCUT2D eigenvalue weighted by Crippen LogP contribution is 2.34. The zero-order valence-electron chi connectivity index (χ0n) is 35.5. The lowest BCUT2D eigenvalue weighted by Gasteiger charge is -2.37. The number of ether oxygens (including phenoxy) is 1. The van der Waals surface area contributed by atoms with Crippen LogP contribution < -0.4 is 31.5 Å². The Morgan fingerprint density at radius 3 is 2.33 bits per heavy atom. The van der Waals surface area contributed by atoms with Crippen LogP contribution in [0.5, 0.6) is 0 Å². The van der Waals surface area contributed by atoms with E-state index in [9.17, 15) is 28.8 Å². The third-order valence-corrected chi connectivity index (χ3v) is 12.7. The molecule has 4 saturated heterocycles. The molecule has 1 aromatic heterocycles. The van der Waals surface area contributed by atoms with Gasteiger partial charge >= 0.3 is 5.97 Å². The summed E-state index contributed by atoms with van der Waals surface area (Å²) in [7, 11) is 0. The van der Waals surface area contributed by atoms with Gasteiger partial charge in [-0.15, -0.1) is 10.2 Å². The zero-order chi connectivity index (χ0) is 44.5. The molecule has 0 spiro atoms. The minimum absolute atomic E-state index is 0.0319. The van der Waals surface area contributed by atoms with Crippen molar-refractivity contribution < 1.29 is 37.9 Å². The van der Waals surface area contributed by atoms with Crippen molar-refractivity contribution in [3.63, 3.8) is 0 Å². The predicted octanol–water partition coefficient (Wildman–Crippen LogP) is 2.09. The van der Waals surface area contributed by atoms with Gasteiger partial charge < -0.3 is 36.2 Å². The number of amides is 5. The van der Waals surface area contributed by atoms with E-state index in [2.05, 4.69) is 30.3 Å². The maximum atomic E-state index is 15.6. The quantitative estimate of drug-likeness (QED) is 0.165. The van der Waals surface area contributed by atoms with E-state index in [1.54, 1.807) is 38.1 Å². The van der Waals surface area contributed by atoms with Gasteiger partial charge in [0.25, 0.3) is 23.6 Å². The SMILES string of the molecule is CC(C)[C@H](N)C(=O)OCN1C(=O)CCC(N2C(=O)c3ccc(N4CCC(CN5CCN(c6ccc(Nc7nc(N8CCCCC8)nnc7C(N)=O)cc6F)CC5)C4)cc3C2=O)C1=O. The van der Waals surface area contributed by atoms with Crippen molar-refractivity contribution in [1.82, 2.24) is 29.9 Å². The first-order valence-corrected chi connectivity index (χ1v) is 21.6. The molecule has 5 amide bonds. The van der Waals surface area contributed by atoms with Gasteiger partial charge in [-0.2, -0.15) is 4.98 Å². The fourth-order valence-electron chi connectivity index (χ4n) is 8.95. The molecule has 0 saturated carbocycles. The molecule has 6 heterocycles. The van der Waals surface area contributed by atoms with Crippen molar-refractivity contribution >= 4 is 64.3 Å². The van der Waals surface area contributed by atoms with Gasteiger partial charge in [0.05, 0.1) is 16.8 Å². The summed E-state index contributed by atoms with van der Waals surface area (Å²) in [6, 6.07) is 7.80. The molecular weight excluding hydrogens is 816 g/mol. The second-order valence-corrected chi connectivity index (χ2v) is 17.2. The Morgan fingerprint density at radius 2 is 1.62 bits per heavy atom. The molecule has 0 bridgehead atoms. The van der Waals surface area contributed by atoms with Crippen LogP contribution in [-0.4, -0.2) is 143 Å². The molecule has 20 heteroatoms. The molecule has 2 unspecified atom stereocenters. The Balaban J connectivity index is 0.838. The molecule has 5 N–H and O–H groups in total. The predicted molar refractivity (Wildman–Crippen MR) is 229 cm³/mol. The Labute approximate surface area is 363 Å². The number of fused-ring (bicyclic) bond motifs is 1. The first-order chi connectivity index (χ1) is 30.3. The molecule has 19 nitrogen and oxygen atoms in total. The lowest BCUT2D eigenvalue weighted by atomic mass is 10.0. The van der Waals surface area contributed by atoms with E-state index >= 15 is 4.39 Å². The monoisotopic (exact) mass is 868 g/mol. The van der Waals surface area contributed by atoms with Crippen LogP contribution in [0.2, 0.25) is 0 Å². The third kappa shape index (κ3) is 8.99. The number of nitrogens with zero attached hydrogens (tertiary/aromatic N) is 9. The number of piperidine rings is 2. The van der Waals surface area contributed by atoms with Gasteiger partial charge in [-0.3, -0.25) is 38.6 Å². The number of nitrogens with two attached hydrogens (primary N) is 2. The fourth-order valence-corrected chi connectivity index (χ4v) is 8.95. The Kier molecular flexibility index (Phi) is 12.5. The lowest BCUT2D eigenvalue weighted by Crippen LogP contribution is -2.56. The summed E-state index contributed by atoms with van der Waals surface area (Å²) < 4.78 is 20.8. The number of halogens is 1. The van der Waals surface area contributed by atoms with Crippen LogP contribution in [-0.2, 0) is 19.1 Å². The van der Waals surface area contributed by atoms with Gasteiger partial charge in [0.2, 0.25) is 11.9 Å². The molecule has 0 aliphatic carbocycles. The van der Waals surface area contributed by atoms with Crippen molar-refractivity contribution in [1.29, 1.82) is 0 Å². The summed E-state index contributed by atoms with van der Waals surface area (Å²) in [6.07, 6.45) is 3.92. The number of imide groups is 2. The summed E-state index contributed by atoms with van der Waals surface area (Å²) in [4.78, 5) is 92.7. The number of aromatic nitrogens is 3. The first kappa shape index (κ1) is 43.4. The highest BCUT2D eigenvalue weighted by atomic mass is 19.1. The van der Waals surface area contributed by atoms with Gasteiger partial charge in [-0.05, 0) is 80.3 Å². The molecule has 334 valence electrons. The number of hydrogen-bond acceptors (Lipinski definition) is 16. The highest BCUT2D eigenvalue weighted by Gasteiger charge is 2.47. The number of esters is 1. The largest absolute Gasteiger partial charge is 0.443 e. The highest BCUT2D eigenvalue weighted by molar-refractivity contribution is 6.23. The Morgan fingerprint density at radius 1 is 0.873 bits per heavy atom. The van der Waals surface area contributed by atoms with Crippen molar-refractivity contribution in [2.24, 2.45) is 23.3 Å². The second-order valence-electron chi connectivity index (χ2n) is 17.2. The number of nitrogens with one attached hydrogen (secondary N) is 1. The van der Waals surface area contributed by atoms with Crippen LogP contribution in [0.1, 0.15) is 83.6 Å². The van der Waals surface area contributed by atoms with E-state index < -0.39 is 60.1 Å². The molecule has 5 aliphatic rings. The molecule has 4 fully saturated rings. The van der Waals surface area contributed by atoms with Gasteiger partial charge in [0.1, 0.15) is 17.9 Å². The maximum Gasteiger partial charge on any atom is 0.324 e. The molecule has 8 rings (SSSR count). The van der Waals surface area contributed by atoms with E-state index in [4.69, 9.17) is 16.2 Å². The number of anilines is 5. The molecule has 63 heavy (non-hydrogen) atoms. The van der Waals surface area contributed by atoms with Crippen LogP contribution in [0.3, 0.4) is 0 Å². The van der Waals surface area contributed by atoms with Gasteiger partial charge in [0.15, 0.2) is 18.2 Å². The van der Waals surface area contributed by atoms with Crippen molar-refractivity contribution in [2.75, 3.05) is 85.7 Å². The molecule has 0 radical (unpaired) electrons. The zero-order valence-corrected chi connectivity index (χ0v) is 35.5. The Hall–Kier alpha value is -6.28. The fraction of sp³-hybridized carbons (Fsp3) is 0.512. The molecule has 2 aromatic carbocycles. The second kappa shape index (κ2) is 18.2. The summed E-state index contributed by atoms with van der Waals surface area (Å²) in [6.45, 7) is 9.48. The molecule has 3 aromatic rings. The van der Waals surface area contributed by atoms with E-state index in [0.717, 1.165) is 87.0 Å². The number of likely N-dealkylation sites (tertiary alicyclic amines) is 1. The molecule has 5 aliphatic heterocycles. The number of carbonyl (C=O) groups excluding carboxylic acids is 6. The minimum atomic E-state index is -1.22.